The third kappa shape index (κ3) is 2.20. The molecule has 1 radical (unpaired) electrons. The molecule has 1 unspecified atom stereocenters. The zero-order valence-electron chi connectivity index (χ0n) is 4.35. The number of hydrogen-bond donors (Lipinski definition) is 1. The van der Waals surface area contributed by atoms with Gasteiger partial charge >= 0.3 is 5.97 Å². The SMILES string of the molecule is [CH2]C(CC)C(=O)O. The van der Waals surface area contributed by atoms with Gasteiger partial charge in [0, 0.05) is 0 Å². The van der Waals surface area contributed by atoms with Crippen LogP contribution in [0.2, 0.25) is 0 Å². The second kappa shape index (κ2) is 2.61. The van der Waals surface area contributed by atoms with E-state index in [2.05, 4.69) is 6.92 Å². The Morgan fingerprint density at radius 2 is 2.43 bits per heavy atom. The average Bonchev–Trinajstić information content (AvgIpc) is 1.65. The van der Waals surface area contributed by atoms with Gasteiger partial charge in [-0.25, -0.2) is 0 Å². The van der Waals surface area contributed by atoms with Crippen molar-refractivity contribution in [2.75, 3.05) is 0 Å². The minimum atomic E-state index is -0.817. The first-order chi connectivity index (χ1) is 3.18. The predicted molar refractivity (Wildman–Crippen MR) is 26.8 cm³/mol. The molecule has 1 N–H and O–H groups in total. The van der Waals surface area contributed by atoms with E-state index in [4.69, 9.17) is 5.11 Å². The lowest BCUT2D eigenvalue weighted by molar-refractivity contribution is -0.140. The van der Waals surface area contributed by atoms with Crippen LogP contribution in [-0.4, -0.2) is 11.1 Å². The summed E-state index contributed by atoms with van der Waals surface area (Å²) < 4.78 is 0. The number of carboxylic acid groups (broad SMARTS) is 1. The van der Waals surface area contributed by atoms with E-state index in [-0.39, 0.29) is 0 Å². The highest BCUT2D eigenvalue weighted by Crippen LogP contribution is 1.96. The monoisotopic (exact) mass is 101 g/mol. The van der Waals surface area contributed by atoms with Crippen LogP contribution in [0.5, 0.6) is 0 Å². The first-order valence-electron chi connectivity index (χ1n) is 2.24. The minimum Gasteiger partial charge on any atom is -0.481 e. The summed E-state index contributed by atoms with van der Waals surface area (Å²) in [6.07, 6.45) is 0.606. The third-order valence-electron chi connectivity index (χ3n) is 0.842. The molecule has 0 aliphatic rings. The lowest BCUT2D eigenvalue weighted by Crippen LogP contribution is -2.07. The van der Waals surface area contributed by atoms with Crippen LogP contribution < -0.4 is 0 Å². The normalized spacial score (nSPS) is 13.4. The smallest absolute Gasteiger partial charge is 0.306 e. The van der Waals surface area contributed by atoms with Crippen LogP contribution in [0, 0.1) is 12.8 Å². The van der Waals surface area contributed by atoms with Gasteiger partial charge in [0.2, 0.25) is 0 Å². The molecule has 0 aliphatic heterocycles. The molecule has 1 atom stereocenters. The highest BCUT2D eigenvalue weighted by molar-refractivity contribution is 5.70. The molecule has 0 spiro atoms. The Balaban J connectivity index is 3.34. The van der Waals surface area contributed by atoms with E-state index in [9.17, 15) is 4.79 Å². The van der Waals surface area contributed by atoms with Crippen molar-refractivity contribution in [3.8, 4) is 0 Å². The number of rotatable bonds is 2. The van der Waals surface area contributed by atoms with Crippen LogP contribution in [0.15, 0.2) is 0 Å². The van der Waals surface area contributed by atoms with Crippen molar-refractivity contribution in [3.63, 3.8) is 0 Å². The summed E-state index contributed by atoms with van der Waals surface area (Å²) in [6, 6.07) is 0. The highest BCUT2D eigenvalue weighted by Gasteiger charge is 2.05. The molecule has 7 heavy (non-hydrogen) atoms. The molecule has 0 aromatic rings. The van der Waals surface area contributed by atoms with Crippen molar-refractivity contribution in [1.29, 1.82) is 0 Å². The van der Waals surface area contributed by atoms with Crippen molar-refractivity contribution < 1.29 is 9.90 Å². The number of aliphatic carboxylic acids is 1. The molecule has 0 amide bonds. The summed E-state index contributed by atoms with van der Waals surface area (Å²) in [6.45, 7) is 5.15. The number of carbonyl (C=O) groups is 1. The van der Waals surface area contributed by atoms with Crippen molar-refractivity contribution >= 4 is 5.97 Å². The zero-order chi connectivity index (χ0) is 5.86. The summed E-state index contributed by atoms with van der Waals surface area (Å²) in [4.78, 5) is 9.87. The number of carboxylic acids is 1. The quantitative estimate of drug-likeness (QED) is 0.561. The van der Waals surface area contributed by atoms with Gasteiger partial charge in [-0.2, -0.15) is 0 Å². The summed E-state index contributed by atoms with van der Waals surface area (Å²) >= 11 is 0. The van der Waals surface area contributed by atoms with Crippen molar-refractivity contribution in [2.45, 2.75) is 13.3 Å². The first-order valence-corrected chi connectivity index (χ1v) is 2.24. The Hall–Kier alpha value is -0.530. The largest absolute Gasteiger partial charge is 0.481 e. The zero-order valence-corrected chi connectivity index (χ0v) is 4.35. The molecule has 0 saturated carbocycles. The van der Waals surface area contributed by atoms with Crippen molar-refractivity contribution in [1.82, 2.24) is 0 Å². The van der Waals surface area contributed by atoms with Crippen LogP contribution in [0.25, 0.3) is 0 Å². The number of hydrogen-bond acceptors (Lipinski definition) is 1. The van der Waals surface area contributed by atoms with Gasteiger partial charge in [0.05, 0.1) is 5.92 Å². The molecular weight excluding hydrogens is 92.1 g/mol. The second-order valence-electron chi connectivity index (χ2n) is 1.44. The average molecular weight is 101 g/mol. The molecular formula is C5H9O2. The Labute approximate surface area is 43.2 Å². The highest BCUT2D eigenvalue weighted by atomic mass is 16.4. The molecule has 0 fully saturated rings. The van der Waals surface area contributed by atoms with Gasteiger partial charge in [-0.3, -0.25) is 4.79 Å². The Kier molecular flexibility index (Phi) is 2.41. The molecule has 0 aromatic carbocycles. The molecule has 2 nitrogen and oxygen atoms in total. The van der Waals surface area contributed by atoms with Gasteiger partial charge < -0.3 is 5.11 Å². The van der Waals surface area contributed by atoms with E-state index >= 15 is 0 Å². The summed E-state index contributed by atoms with van der Waals surface area (Å²) in [5, 5.41) is 8.12. The fourth-order valence-corrected chi connectivity index (χ4v) is 0.175. The predicted octanol–water partition coefficient (Wildman–Crippen LogP) is 0.931. The van der Waals surface area contributed by atoms with E-state index in [1.165, 1.54) is 0 Å². The van der Waals surface area contributed by atoms with E-state index in [1.54, 1.807) is 6.92 Å². The lowest BCUT2D eigenvalue weighted by atomic mass is 10.1. The maximum Gasteiger partial charge on any atom is 0.306 e. The summed E-state index contributed by atoms with van der Waals surface area (Å²) in [5.41, 5.74) is 0. The fraction of sp³-hybridized carbons (Fsp3) is 0.600. The first kappa shape index (κ1) is 6.47. The molecule has 0 rings (SSSR count). The van der Waals surface area contributed by atoms with Crippen LogP contribution in [-0.2, 0) is 4.79 Å². The Morgan fingerprint density at radius 3 is 2.43 bits per heavy atom. The molecule has 41 valence electrons. The van der Waals surface area contributed by atoms with Crippen LogP contribution in [0.4, 0.5) is 0 Å². The maximum absolute atomic E-state index is 9.87. The minimum absolute atomic E-state index is 0.431. The van der Waals surface area contributed by atoms with Crippen LogP contribution >= 0.6 is 0 Å². The lowest BCUT2D eigenvalue weighted by Gasteiger charge is -1.96. The van der Waals surface area contributed by atoms with E-state index in [0.717, 1.165) is 0 Å². The fourth-order valence-electron chi connectivity index (χ4n) is 0.175. The van der Waals surface area contributed by atoms with Gasteiger partial charge in [0.1, 0.15) is 0 Å². The van der Waals surface area contributed by atoms with Gasteiger partial charge in [0.25, 0.3) is 0 Å². The van der Waals surface area contributed by atoms with Crippen LogP contribution in [0.1, 0.15) is 13.3 Å². The second-order valence-corrected chi connectivity index (χ2v) is 1.44. The van der Waals surface area contributed by atoms with E-state index in [1.807, 2.05) is 0 Å². The molecule has 0 aromatic heterocycles. The molecule has 0 aliphatic carbocycles. The van der Waals surface area contributed by atoms with Crippen molar-refractivity contribution in [3.05, 3.63) is 6.92 Å². The van der Waals surface area contributed by atoms with E-state index < -0.39 is 11.9 Å². The molecule has 0 heterocycles. The van der Waals surface area contributed by atoms with Gasteiger partial charge in [-0.15, -0.1) is 0 Å². The van der Waals surface area contributed by atoms with Crippen LogP contribution in [0.3, 0.4) is 0 Å². The van der Waals surface area contributed by atoms with Gasteiger partial charge in [-0.05, 0) is 13.3 Å². The Morgan fingerprint density at radius 1 is 2.00 bits per heavy atom. The summed E-state index contributed by atoms with van der Waals surface area (Å²) in [5.74, 6) is -1.25. The van der Waals surface area contributed by atoms with E-state index in [0.29, 0.717) is 6.42 Å². The topological polar surface area (TPSA) is 37.3 Å². The molecule has 0 saturated heterocycles. The molecule has 0 bridgehead atoms. The van der Waals surface area contributed by atoms with Gasteiger partial charge in [-0.1, -0.05) is 6.92 Å². The maximum atomic E-state index is 9.87. The van der Waals surface area contributed by atoms with Gasteiger partial charge in [0.15, 0.2) is 0 Å². The standard InChI is InChI=1S/C5H9O2/c1-3-4(2)5(6)7/h4H,2-3H2,1H3,(H,6,7). The summed E-state index contributed by atoms with van der Waals surface area (Å²) in [7, 11) is 0. The third-order valence-corrected chi connectivity index (χ3v) is 0.842. The Bertz CT molecular complexity index is 68.5. The molecule has 2 heteroatoms. The van der Waals surface area contributed by atoms with Crippen molar-refractivity contribution in [2.24, 2.45) is 5.92 Å².